The monoisotopic (exact) mass is 486 g/mol. The van der Waals surface area contributed by atoms with Crippen LogP contribution in [0.5, 0.6) is 5.88 Å². The second kappa shape index (κ2) is 9.85. The average Bonchev–Trinajstić information content (AvgIpc) is 3.60. The number of carbonyl (C=O) groups excluding carboxylic acids is 1. The van der Waals surface area contributed by atoms with Crippen molar-refractivity contribution in [2.45, 2.75) is 32.0 Å². The number of fused-ring (bicyclic) bond motifs is 1. The van der Waals surface area contributed by atoms with E-state index in [1.54, 1.807) is 30.0 Å². The van der Waals surface area contributed by atoms with Crippen molar-refractivity contribution < 1.29 is 22.7 Å². The fourth-order valence-corrected chi connectivity index (χ4v) is 4.17. The standard InChI is InChI=1S/C24H25F3N6O2/c1-14-4-5-19(15(2)29-7-3-6-28)22(32-14)23(34)33-12-17-8-16(17)9-18(33)13-35-21-11-30-20(10-31-21)24(25,26)27/h3-7,10-11,16-18H,2,8-9,12-13,28H2,1H3/b6-3-,29-7-/t16-,17+,18+/m1/s1. The lowest BCUT2D eigenvalue weighted by Crippen LogP contribution is -2.48. The van der Waals surface area contributed by atoms with Crippen molar-refractivity contribution in [1.29, 1.82) is 0 Å². The number of pyridine rings is 1. The Morgan fingerprint density at radius 2 is 2.09 bits per heavy atom. The molecular formula is C24H25F3N6O2. The number of aryl methyl sites for hydroxylation is 1. The molecule has 2 aromatic heterocycles. The van der Waals surface area contributed by atoms with Gasteiger partial charge in [0, 0.05) is 24.0 Å². The van der Waals surface area contributed by atoms with Gasteiger partial charge in [0.1, 0.15) is 12.3 Å². The number of aliphatic imine (C=N–C) groups is 1. The van der Waals surface area contributed by atoms with Crippen LogP contribution in [0.15, 0.2) is 48.4 Å². The Hall–Kier alpha value is -3.76. The molecule has 0 bridgehead atoms. The number of hydrogen-bond acceptors (Lipinski definition) is 7. The molecule has 2 aromatic rings. The Balaban J connectivity index is 1.53. The van der Waals surface area contributed by atoms with Crippen LogP contribution in [0, 0.1) is 18.8 Å². The van der Waals surface area contributed by atoms with Crippen LogP contribution in [0.2, 0.25) is 0 Å². The smallest absolute Gasteiger partial charge is 0.434 e. The molecule has 0 radical (unpaired) electrons. The third kappa shape index (κ3) is 5.67. The number of likely N-dealkylation sites (tertiary alicyclic amines) is 1. The second-order valence-corrected chi connectivity index (χ2v) is 8.61. The lowest BCUT2D eigenvalue weighted by molar-refractivity contribution is -0.141. The maximum Gasteiger partial charge on any atom is 0.434 e. The van der Waals surface area contributed by atoms with Crippen molar-refractivity contribution in [2.75, 3.05) is 13.2 Å². The number of hydrogen-bond donors (Lipinski definition) is 1. The Morgan fingerprint density at radius 1 is 1.29 bits per heavy atom. The van der Waals surface area contributed by atoms with E-state index in [9.17, 15) is 18.0 Å². The molecule has 0 spiro atoms. The third-order valence-corrected chi connectivity index (χ3v) is 6.09. The number of aromatic nitrogens is 3. The first-order valence-corrected chi connectivity index (χ1v) is 11.1. The van der Waals surface area contributed by atoms with Gasteiger partial charge in [0.15, 0.2) is 5.69 Å². The number of nitrogens with two attached hydrogens (primary N) is 1. The van der Waals surface area contributed by atoms with Gasteiger partial charge in [0.25, 0.3) is 5.91 Å². The molecular weight excluding hydrogens is 461 g/mol. The highest BCUT2D eigenvalue weighted by Gasteiger charge is 2.47. The summed E-state index contributed by atoms with van der Waals surface area (Å²) < 4.78 is 43.8. The highest BCUT2D eigenvalue weighted by molar-refractivity contribution is 5.98. The molecule has 1 saturated carbocycles. The largest absolute Gasteiger partial charge is 0.474 e. The van der Waals surface area contributed by atoms with Gasteiger partial charge in [-0.1, -0.05) is 6.58 Å². The van der Waals surface area contributed by atoms with Crippen LogP contribution in [0.3, 0.4) is 0 Å². The van der Waals surface area contributed by atoms with Gasteiger partial charge in [-0.05, 0) is 56.0 Å². The summed E-state index contributed by atoms with van der Waals surface area (Å²) in [7, 11) is 0. The zero-order valence-corrected chi connectivity index (χ0v) is 19.1. The summed E-state index contributed by atoms with van der Waals surface area (Å²) in [5.41, 5.74) is 6.02. The van der Waals surface area contributed by atoms with Gasteiger partial charge in [-0.25, -0.2) is 15.0 Å². The summed E-state index contributed by atoms with van der Waals surface area (Å²) in [6.45, 7) is 6.38. The lowest BCUT2D eigenvalue weighted by Gasteiger charge is -2.35. The predicted octanol–water partition coefficient (Wildman–Crippen LogP) is 3.64. The molecule has 0 aromatic carbocycles. The zero-order chi connectivity index (χ0) is 25.2. The highest BCUT2D eigenvalue weighted by atomic mass is 19.4. The molecule has 3 heterocycles. The number of piperidine rings is 1. The second-order valence-electron chi connectivity index (χ2n) is 8.61. The number of nitrogens with zero attached hydrogens (tertiary/aromatic N) is 5. The number of ether oxygens (including phenoxy) is 1. The van der Waals surface area contributed by atoms with E-state index in [-0.39, 0.29) is 30.1 Å². The number of amides is 1. The number of rotatable bonds is 7. The fourth-order valence-electron chi connectivity index (χ4n) is 4.17. The molecule has 35 heavy (non-hydrogen) atoms. The van der Waals surface area contributed by atoms with Gasteiger partial charge >= 0.3 is 6.18 Å². The maximum absolute atomic E-state index is 13.7. The van der Waals surface area contributed by atoms with E-state index in [1.807, 2.05) is 0 Å². The third-order valence-electron chi connectivity index (χ3n) is 6.09. The molecule has 1 amide bonds. The van der Waals surface area contributed by atoms with Gasteiger partial charge in [-0.3, -0.25) is 9.79 Å². The predicted molar refractivity (Wildman–Crippen MR) is 123 cm³/mol. The van der Waals surface area contributed by atoms with E-state index in [1.165, 1.54) is 12.4 Å². The molecule has 11 heteroatoms. The Bertz CT molecular complexity index is 1160. The zero-order valence-electron chi connectivity index (χ0n) is 19.1. The normalized spacial score (nSPS) is 21.8. The van der Waals surface area contributed by atoms with Crippen molar-refractivity contribution in [2.24, 2.45) is 22.6 Å². The first kappa shape index (κ1) is 24.4. The summed E-state index contributed by atoms with van der Waals surface area (Å²) in [4.78, 5) is 31.2. The molecule has 184 valence electrons. The minimum atomic E-state index is -4.58. The van der Waals surface area contributed by atoms with Gasteiger partial charge in [0.05, 0.1) is 24.1 Å². The first-order valence-electron chi connectivity index (χ1n) is 11.1. The van der Waals surface area contributed by atoms with Crippen molar-refractivity contribution in [3.05, 3.63) is 66.0 Å². The molecule has 4 rings (SSSR count). The summed E-state index contributed by atoms with van der Waals surface area (Å²) in [6.07, 6.45) is 3.11. The van der Waals surface area contributed by atoms with Crippen molar-refractivity contribution in [3.63, 3.8) is 0 Å². The topological polar surface area (TPSA) is 107 Å². The Labute approximate surface area is 200 Å². The average molecular weight is 486 g/mol. The van der Waals surface area contributed by atoms with Crippen LogP contribution in [-0.2, 0) is 6.18 Å². The quantitative estimate of drug-likeness (QED) is 0.599. The molecule has 2 aliphatic rings. The van der Waals surface area contributed by atoms with E-state index in [2.05, 4.69) is 26.5 Å². The van der Waals surface area contributed by atoms with Gasteiger partial charge < -0.3 is 15.4 Å². The number of halogens is 3. The highest BCUT2D eigenvalue weighted by Crippen LogP contribution is 2.47. The van der Waals surface area contributed by atoms with Crippen LogP contribution in [-0.4, -0.2) is 51.2 Å². The molecule has 0 unspecified atom stereocenters. The molecule has 2 fully saturated rings. The van der Waals surface area contributed by atoms with E-state index < -0.39 is 11.9 Å². The molecule has 1 aliphatic carbocycles. The molecule has 1 aliphatic heterocycles. The van der Waals surface area contributed by atoms with E-state index >= 15 is 0 Å². The van der Waals surface area contributed by atoms with Crippen LogP contribution in [0.4, 0.5) is 13.2 Å². The van der Waals surface area contributed by atoms with E-state index in [0.717, 1.165) is 19.0 Å². The van der Waals surface area contributed by atoms with Gasteiger partial charge in [0.2, 0.25) is 5.88 Å². The SMILES string of the molecule is C=C(/N=C\C=C/N)c1ccc(C)nc1C(=O)N1C[C@@H]2C[C@@H]2C[C@H]1COc1cnc(C(F)(F)F)cn1. The van der Waals surface area contributed by atoms with Crippen LogP contribution < -0.4 is 10.5 Å². The van der Waals surface area contributed by atoms with Crippen molar-refractivity contribution in [1.82, 2.24) is 19.9 Å². The fraction of sp³-hybridized carbons (Fsp3) is 0.375. The molecule has 2 N–H and O–H groups in total. The Kier molecular flexibility index (Phi) is 6.86. The van der Waals surface area contributed by atoms with Gasteiger partial charge in [-0.2, -0.15) is 13.2 Å². The maximum atomic E-state index is 13.7. The van der Waals surface area contributed by atoms with Crippen LogP contribution in [0.1, 0.15) is 40.3 Å². The summed E-state index contributed by atoms with van der Waals surface area (Å²) >= 11 is 0. The van der Waals surface area contributed by atoms with Crippen molar-refractivity contribution >= 4 is 17.8 Å². The van der Waals surface area contributed by atoms with Crippen LogP contribution >= 0.6 is 0 Å². The number of carbonyl (C=O) groups is 1. The summed E-state index contributed by atoms with van der Waals surface area (Å²) in [6, 6.07) is 3.25. The minimum absolute atomic E-state index is 0.0339. The minimum Gasteiger partial charge on any atom is -0.474 e. The summed E-state index contributed by atoms with van der Waals surface area (Å²) in [5.74, 6) is 0.615. The van der Waals surface area contributed by atoms with Gasteiger partial charge in [-0.15, -0.1) is 0 Å². The molecule has 3 atom stereocenters. The Morgan fingerprint density at radius 3 is 2.77 bits per heavy atom. The lowest BCUT2D eigenvalue weighted by atomic mass is 10.0. The number of alkyl halides is 3. The van der Waals surface area contributed by atoms with E-state index in [4.69, 9.17) is 10.5 Å². The molecule has 8 nitrogen and oxygen atoms in total. The first-order chi connectivity index (χ1) is 16.7. The van der Waals surface area contributed by atoms with E-state index in [0.29, 0.717) is 41.5 Å². The van der Waals surface area contributed by atoms with Crippen LogP contribution in [0.25, 0.3) is 5.70 Å². The van der Waals surface area contributed by atoms with Crippen molar-refractivity contribution in [3.8, 4) is 5.88 Å². The number of allylic oxidation sites excluding steroid dienone is 1. The molecule has 1 saturated heterocycles. The summed E-state index contributed by atoms with van der Waals surface area (Å²) in [5, 5.41) is 0.